The molecule has 1 rings (SSSR count). The SMILES string of the molecule is CCCCCCCCCCCCCCCCCCOC(=O)CCN(CCSC(=O)CC1NC(=O)C(CC(=O)SCCN(CCC(=O)OCCCCCCCCCCCCCCCCCC)CCC(=O)OCCCCCCCCCCCCCCCCCC)NC1=O)CCC(=O)OCCCCCCCCCCCCCCCCCC. The van der Waals surface area contributed by atoms with Gasteiger partial charge in [0, 0.05) is 63.6 Å². The highest BCUT2D eigenvalue weighted by Crippen LogP contribution is 2.22. The Morgan fingerprint density at radius 2 is 0.404 bits per heavy atom. The highest BCUT2D eigenvalue weighted by molar-refractivity contribution is 8.13. The summed E-state index contributed by atoms with van der Waals surface area (Å²) in [6.45, 7) is 12.8. The summed E-state index contributed by atoms with van der Waals surface area (Å²) >= 11 is 2.07. The third kappa shape index (κ3) is 76.2. The molecule has 0 saturated carbocycles. The van der Waals surface area contributed by atoms with Gasteiger partial charge in [-0.15, -0.1) is 0 Å². The molecule has 2 N–H and O–H groups in total. The smallest absolute Gasteiger partial charge is 0.307 e. The maximum Gasteiger partial charge on any atom is 0.307 e. The van der Waals surface area contributed by atoms with Gasteiger partial charge < -0.3 is 39.4 Å². The Hall–Kier alpha value is -3.22. The number of unbranched alkanes of at least 4 members (excludes halogenated alkanes) is 60. The molecule has 1 fully saturated rings. The van der Waals surface area contributed by atoms with Gasteiger partial charge in [-0.25, -0.2) is 0 Å². The maximum atomic E-state index is 13.4. The van der Waals surface area contributed by atoms with Gasteiger partial charge in [0.05, 0.1) is 52.1 Å². The van der Waals surface area contributed by atoms with E-state index in [1.807, 2.05) is 9.80 Å². The van der Waals surface area contributed by atoms with Crippen LogP contribution < -0.4 is 10.6 Å². The Kier molecular flexibility index (Phi) is 82.2. The van der Waals surface area contributed by atoms with Crippen molar-refractivity contribution < 1.29 is 57.3 Å². The van der Waals surface area contributed by atoms with Crippen molar-refractivity contribution in [2.24, 2.45) is 0 Å². The van der Waals surface area contributed by atoms with Crippen LogP contribution in [0.2, 0.25) is 0 Å². The van der Waals surface area contributed by atoms with Crippen molar-refractivity contribution in [3.8, 4) is 0 Å². The van der Waals surface area contributed by atoms with Crippen molar-refractivity contribution in [1.82, 2.24) is 20.4 Å². The van der Waals surface area contributed by atoms with Crippen LogP contribution in [0.1, 0.15) is 477 Å². The van der Waals surface area contributed by atoms with Gasteiger partial charge in [-0.2, -0.15) is 0 Å². The molecule has 668 valence electrons. The third-order valence-corrected chi connectivity index (χ3v) is 24.7. The zero-order valence-electron chi connectivity index (χ0n) is 74.7. The van der Waals surface area contributed by atoms with E-state index in [2.05, 4.69) is 38.3 Å². The van der Waals surface area contributed by atoms with Crippen molar-refractivity contribution in [3.63, 3.8) is 0 Å². The fourth-order valence-electron chi connectivity index (χ4n) is 15.3. The molecule has 114 heavy (non-hydrogen) atoms. The fourth-order valence-corrected chi connectivity index (χ4v) is 17.0. The molecule has 0 bridgehead atoms. The number of nitrogens with one attached hydrogen (secondary N) is 2. The molecular weight excluding hydrogens is 1470 g/mol. The van der Waals surface area contributed by atoms with Crippen LogP contribution in [0.3, 0.4) is 0 Å². The minimum absolute atomic E-state index is 0.149. The molecule has 0 aromatic carbocycles. The lowest BCUT2D eigenvalue weighted by Gasteiger charge is -2.29. The Morgan fingerprint density at radius 3 is 0.570 bits per heavy atom. The van der Waals surface area contributed by atoms with E-state index in [9.17, 15) is 38.4 Å². The summed E-state index contributed by atoms with van der Waals surface area (Å²) in [6, 6.07) is -2.20. The number of esters is 4. The van der Waals surface area contributed by atoms with Gasteiger partial charge >= 0.3 is 23.9 Å². The fraction of sp³-hybridized carbons (Fsp3) is 0.917. The van der Waals surface area contributed by atoms with Crippen LogP contribution in [0, 0.1) is 0 Å². The van der Waals surface area contributed by atoms with E-state index < -0.39 is 23.9 Å². The van der Waals surface area contributed by atoms with Crippen LogP contribution in [0.25, 0.3) is 0 Å². The van der Waals surface area contributed by atoms with E-state index in [0.717, 1.165) is 101 Å². The standard InChI is InChI=1S/C96H180N4O12S2/c1-5-9-13-17-21-25-29-33-37-41-45-49-53-57-61-65-79-109-89(101)69-73-99(74-70-90(102)110-80-66-62-58-54-50-46-42-38-34-30-26-22-18-14-10-6-2)77-83-113-93(105)85-87-95(107)98-88(96(108)97-87)86-94(106)114-84-78-100(75-71-91(103)111-81-67-63-59-55-51-47-43-39-35-31-27-23-19-15-11-7-3)76-72-92(104)112-82-68-64-60-56-52-48-44-40-36-32-28-24-20-16-12-8-4/h87-88H,5-86H2,1-4H3,(H,97,108)(H,98,107). The summed E-state index contributed by atoms with van der Waals surface area (Å²) in [5.41, 5.74) is 0. The number of piperazine rings is 1. The molecule has 2 amide bonds. The summed E-state index contributed by atoms with van der Waals surface area (Å²) in [4.78, 5) is 110. The first-order chi connectivity index (χ1) is 55.9. The van der Waals surface area contributed by atoms with Crippen LogP contribution in [0.4, 0.5) is 0 Å². The molecule has 1 aliphatic heterocycles. The minimum atomic E-state index is -1.10. The van der Waals surface area contributed by atoms with E-state index in [-0.39, 0.29) is 72.6 Å². The van der Waals surface area contributed by atoms with Crippen molar-refractivity contribution in [3.05, 3.63) is 0 Å². The zero-order chi connectivity index (χ0) is 82.6. The van der Waals surface area contributed by atoms with Gasteiger partial charge in [0.2, 0.25) is 11.8 Å². The first kappa shape index (κ1) is 109. The summed E-state index contributed by atoms with van der Waals surface area (Å²) in [6.07, 6.45) is 81.6. The van der Waals surface area contributed by atoms with Gasteiger partial charge in [0.1, 0.15) is 12.1 Å². The number of ether oxygens (including phenoxy) is 4. The molecule has 0 aliphatic carbocycles. The van der Waals surface area contributed by atoms with Crippen LogP contribution in [0.5, 0.6) is 0 Å². The van der Waals surface area contributed by atoms with Gasteiger partial charge in [-0.3, -0.25) is 38.4 Å². The predicted molar refractivity (Wildman–Crippen MR) is 481 cm³/mol. The molecule has 18 heteroatoms. The first-order valence-electron chi connectivity index (χ1n) is 48.9. The largest absolute Gasteiger partial charge is 0.466 e. The number of hydrogen-bond acceptors (Lipinski definition) is 16. The average Bonchev–Trinajstić information content (AvgIpc) is 0.837. The number of carbonyl (C=O) groups is 8. The normalized spacial score (nSPS) is 13.6. The molecule has 2 unspecified atom stereocenters. The van der Waals surface area contributed by atoms with Crippen molar-refractivity contribution in [2.75, 3.05) is 77.2 Å². The van der Waals surface area contributed by atoms with E-state index in [0.29, 0.717) is 77.2 Å². The van der Waals surface area contributed by atoms with Crippen LogP contribution in [0.15, 0.2) is 0 Å². The molecule has 0 spiro atoms. The second-order valence-electron chi connectivity index (χ2n) is 33.7. The summed E-state index contributed by atoms with van der Waals surface area (Å²) < 4.78 is 22.6. The van der Waals surface area contributed by atoms with Crippen LogP contribution >= 0.6 is 23.5 Å². The molecule has 2 atom stereocenters. The van der Waals surface area contributed by atoms with Gasteiger partial charge in [-0.1, -0.05) is 436 Å². The van der Waals surface area contributed by atoms with Crippen LogP contribution in [-0.2, 0) is 57.3 Å². The molecule has 0 radical (unpaired) electrons. The Labute approximate surface area is 709 Å². The second kappa shape index (κ2) is 86.2. The van der Waals surface area contributed by atoms with Gasteiger partial charge in [0.15, 0.2) is 10.2 Å². The number of thioether (sulfide) groups is 2. The number of hydrogen-bond donors (Lipinski definition) is 2. The van der Waals surface area contributed by atoms with Crippen molar-refractivity contribution in [2.45, 2.75) is 489 Å². The number of nitrogens with zero attached hydrogens (tertiary/aromatic N) is 2. The van der Waals surface area contributed by atoms with Crippen molar-refractivity contribution in [1.29, 1.82) is 0 Å². The summed E-state index contributed by atoms with van der Waals surface area (Å²) in [7, 11) is 0. The van der Waals surface area contributed by atoms with E-state index in [4.69, 9.17) is 18.9 Å². The predicted octanol–water partition coefficient (Wildman–Crippen LogP) is 25.7. The van der Waals surface area contributed by atoms with Gasteiger partial charge in [-0.05, 0) is 25.7 Å². The quantitative estimate of drug-likeness (QED) is 0.0330. The average molecular weight is 1650 g/mol. The topological polar surface area (TPSA) is 204 Å². The van der Waals surface area contributed by atoms with Crippen molar-refractivity contribution >= 4 is 69.4 Å². The lowest BCUT2D eigenvalue weighted by atomic mass is 10.0. The Balaban J connectivity index is 2.67. The van der Waals surface area contributed by atoms with E-state index >= 15 is 0 Å². The molecule has 1 aliphatic rings. The first-order valence-corrected chi connectivity index (χ1v) is 50.9. The van der Waals surface area contributed by atoms with Crippen LogP contribution in [-0.4, -0.2) is 145 Å². The lowest BCUT2D eigenvalue weighted by Crippen LogP contribution is -2.62. The summed E-state index contributed by atoms with van der Waals surface area (Å²) in [5.74, 6) is -1.57. The Bertz CT molecular complexity index is 1970. The number of carbonyl (C=O) groups excluding carboxylic acids is 8. The molecular formula is C96H180N4O12S2. The lowest BCUT2D eigenvalue weighted by molar-refractivity contribution is -0.146. The zero-order valence-corrected chi connectivity index (χ0v) is 76.4. The van der Waals surface area contributed by atoms with Gasteiger partial charge in [0.25, 0.3) is 0 Å². The Morgan fingerprint density at radius 1 is 0.246 bits per heavy atom. The third-order valence-electron chi connectivity index (χ3n) is 22.9. The van der Waals surface area contributed by atoms with E-state index in [1.54, 1.807) is 0 Å². The highest BCUT2D eigenvalue weighted by atomic mass is 32.2. The second-order valence-corrected chi connectivity index (χ2v) is 36.1. The number of amides is 2. The molecule has 0 aromatic rings. The molecule has 1 saturated heterocycles. The molecule has 1 heterocycles. The molecule has 0 aromatic heterocycles. The molecule has 16 nitrogen and oxygen atoms in total. The monoisotopic (exact) mass is 1650 g/mol. The maximum absolute atomic E-state index is 13.4. The summed E-state index contributed by atoms with van der Waals surface area (Å²) in [5, 5.41) is 4.77. The minimum Gasteiger partial charge on any atom is -0.466 e. The van der Waals surface area contributed by atoms with E-state index in [1.165, 1.54) is 334 Å². The highest BCUT2D eigenvalue weighted by Gasteiger charge is 2.36. The number of rotatable bonds is 90.